The minimum absolute atomic E-state index is 0.0182. The summed E-state index contributed by atoms with van der Waals surface area (Å²) in [6.45, 7) is 3.92. The summed E-state index contributed by atoms with van der Waals surface area (Å²) < 4.78 is 1.54. The van der Waals surface area contributed by atoms with Crippen LogP contribution >= 0.6 is 15.9 Å². The van der Waals surface area contributed by atoms with Gasteiger partial charge in [-0.3, -0.25) is 4.79 Å². The summed E-state index contributed by atoms with van der Waals surface area (Å²) in [6, 6.07) is 7.67. The van der Waals surface area contributed by atoms with E-state index in [4.69, 9.17) is 0 Å². The van der Waals surface area contributed by atoms with E-state index in [-0.39, 0.29) is 11.6 Å². The fourth-order valence-electron chi connectivity index (χ4n) is 1.72. The minimum atomic E-state index is -0.0182. The predicted molar refractivity (Wildman–Crippen MR) is 69.0 cm³/mol. The first-order valence-corrected chi connectivity index (χ1v) is 6.33. The van der Waals surface area contributed by atoms with Crippen molar-refractivity contribution in [1.82, 2.24) is 9.78 Å². The van der Waals surface area contributed by atoms with Crippen molar-refractivity contribution in [2.75, 3.05) is 0 Å². The number of fused-ring (bicyclic) bond motifs is 1. The third kappa shape index (κ3) is 1.78. The molecule has 0 fully saturated rings. The number of hydrogen-bond acceptors (Lipinski definition) is 2. The van der Waals surface area contributed by atoms with Crippen LogP contribution in [0.25, 0.3) is 10.8 Å². The Morgan fingerprint density at radius 2 is 1.94 bits per heavy atom. The van der Waals surface area contributed by atoms with Gasteiger partial charge in [0.2, 0.25) is 0 Å². The summed E-state index contributed by atoms with van der Waals surface area (Å²) in [6.07, 6.45) is 0. The van der Waals surface area contributed by atoms with Crippen LogP contribution in [0.1, 0.15) is 25.6 Å². The number of rotatable bonds is 2. The van der Waals surface area contributed by atoms with Gasteiger partial charge in [0, 0.05) is 10.7 Å². The summed E-state index contributed by atoms with van der Waals surface area (Å²) in [5, 5.41) is 6.70. The van der Waals surface area contributed by atoms with Crippen molar-refractivity contribution in [2.24, 2.45) is 0 Å². The fraction of sp³-hybridized carbons (Fsp3) is 0.333. The summed E-state index contributed by atoms with van der Waals surface area (Å²) in [5.41, 5.74) is 0.888. The first-order valence-electron chi connectivity index (χ1n) is 5.21. The first-order chi connectivity index (χ1) is 7.65. The smallest absolute Gasteiger partial charge is 0.267 e. The van der Waals surface area contributed by atoms with Crippen molar-refractivity contribution in [3.8, 4) is 0 Å². The van der Waals surface area contributed by atoms with E-state index < -0.39 is 0 Å². The molecular formula is C12H13BrN2O. The normalized spacial score (nSPS) is 11.2. The lowest BCUT2D eigenvalue weighted by Crippen LogP contribution is -2.26. The Hall–Kier alpha value is -1.16. The molecule has 0 aliphatic rings. The highest BCUT2D eigenvalue weighted by atomic mass is 79.9. The molecule has 2 rings (SSSR count). The molecule has 0 radical (unpaired) electrons. The van der Waals surface area contributed by atoms with E-state index in [1.54, 1.807) is 4.68 Å². The molecule has 2 aromatic rings. The molecule has 0 unspecified atom stereocenters. The van der Waals surface area contributed by atoms with Crippen molar-refractivity contribution in [1.29, 1.82) is 0 Å². The van der Waals surface area contributed by atoms with Crippen molar-refractivity contribution in [3.05, 3.63) is 40.3 Å². The molecule has 1 aromatic carbocycles. The maximum absolute atomic E-state index is 12.1. The maximum Gasteiger partial charge on any atom is 0.274 e. The lowest BCUT2D eigenvalue weighted by atomic mass is 10.1. The molecule has 1 heterocycles. The van der Waals surface area contributed by atoms with Crippen LogP contribution < -0.4 is 5.56 Å². The number of aromatic nitrogens is 2. The Kier molecular flexibility index (Phi) is 3.10. The van der Waals surface area contributed by atoms with Crippen molar-refractivity contribution in [3.63, 3.8) is 0 Å². The van der Waals surface area contributed by atoms with Crippen LogP contribution in [0.3, 0.4) is 0 Å². The molecule has 0 spiro atoms. The molecule has 0 atom stereocenters. The van der Waals surface area contributed by atoms with Crippen LogP contribution in [0.15, 0.2) is 29.1 Å². The van der Waals surface area contributed by atoms with Crippen molar-refractivity contribution >= 4 is 26.7 Å². The molecule has 0 saturated carbocycles. The summed E-state index contributed by atoms with van der Waals surface area (Å²) in [7, 11) is 0. The topological polar surface area (TPSA) is 34.9 Å². The molecule has 0 aliphatic heterocycles. The second-order valence-corrected chi connectivity index (χ2v) is 4.53. The zero-order chi connectivity index (χ0) is 11.7. The molecule has 1 aromatic heterocycles. The van der Waals surface area contributed by atoms with E-state index in [0.29, 0.717) is 5.33 Å². The van der Waals surface area contributed by atoms with E-state index in [2.05, 4.69) is 21.0 Å². The maximum atomic E-state index is 12.1. The summed E-state index contributed by atoms with van der Waals surface area (Å²) in [4.78, 5) is 12.1. The summed E-state index contributed by atoms with van der Waals surface area (Å²) in [5.74, 6) is 0. The molecule has 0 saturated heterocycles. The zero-order valence-corrected chi connectivity index (χ0v) is 10.9. The van der Waals surface area contributed by atoms with Gasteiger partial charge in [-0.1, -0.05) is 34.1 Å². The van der Waals surface area contributed by atoms with E-state index in [1.165, 1.54) is 0 Å². The van der Waals surface area contributed by atoms with Crippen LogP contribution in [0, 0.1) is 0 Å². The number of benzene rings is 1. The van der Waals surface area contributed by atoms with Crippen LogP contribution in [-0.2, 0) is 5.33 Å². The average Bonchev–Trinajstić information content (AvgIpc) is 2.29. The number of alkyl halides is 1. The molecular weight excluding hydrogens is 268 g/mol. The van der Waals surface area contributed by atoms with Gasteiger partial charge < -0.3 is 0 Å². The van der Waals surface area contributed by atoms with Gasteiger partial charge in [0.1, 0.15) is 0 Å². The highest BCUT2D eigenvalue weighted by molar-refractivity contribution is 9.08. The van der Waals surface area contributed by atoms with E-state index >= 15 is 0 Å². The quantitative estimate of drug-likeness (QED) is 0.793. The van der Waals surface area contributed by atoms with Crippen LogP contribution in [-0.4, -0.2) is 9.78 Å². The number of hydrogen-bond donors (Lipinski definition) is 0. The molecule has 84 valence electrons. The molecule has 0 bridgehead atoms. The van der Waals surface area contributed by atoms with Gasteiger partial charge in [0.05, 0.1) is 17.1 Å². The van der Waals surface area contributed by atoms with Gasteiger partial charge in [0.15, 0.2) is 0 Å². The van der Waals surface area contributed by atoms with E-state index in [0.717, 1.165) is 16.5 Å². The lowest BCUT2D eigenvalue weighted by Gasteiger charge is -2.12. The van der Waals surface area contributed by atoms with E-state index in [1.807, 2.05) is 38.1 Å². The predicted octanol–water partition coefficient (Wildman–Crippen LogP) is 2.87. The van der Waals surface area contributed by atoms with Crippen LogP contribution in [0.5, 0.6) is 0 Å². The third-order valence-electron chi connectivity index (χ3n) is 2.52. The largest absolute Gasteiger partial charge is 0.274 e. The molecule has 3 nitrogen and oxygen atoms in total. The second-order valence-electron chi connectivity index (χ2n) is 3.97. The Morgan fingerprint density at radius 3 is 2.50 bits per heavy atom. The molecule has 0 amide bonds. The number of nitrogens with zero attached hydrogens (tertiary/aromatic N) is 2. The van der Waals surface area contributed by atoms with E-state index in [9.17, 15) is 4.79 Å². The van der Waals surface area contributed by atoms with Crippen molar-refractivity contribution in [2.45, 2.75) is 25.2 Å². The Bertz CT molecular complexity index is 575. The van der Waals surface area contributed by atoms with Gasteiger partial charge in [-0.25, -0.2) is 4.68 Å². The van der Waals surface area contributed by atoms with Gasteiger partial charge in [-0.05, 0) is 19.9 Å². The Balaban J connectivity index is 2.89. The Morgan fingerprint density at radius 1 is 1.31 bits per heavy atom. The molecule has 4 heteroatoms. The highest BCUT2D eigenvalue weighted by Crippen LogP contribution is 2.16. The van der Waals surface area contributed by atoms with Gasteiger partial charge in [-0.2, -0.15) is 5.10 Å². The van der Waals surface area contributed by atoms with Crippen LogP contribution in [0.4, 0.5) is 0 Å². The zero-order valence-electron chi connectivity index (χ0n) is 9.27. The lowest BCUT2D eigenvalue weighted by molar-refractivity contribution is 0.502. The molecule has 16 heavy (non-hydrogen) atoms. The standard InChI is InChI=1S/C12H13BrN2O/c1-8(2)15-12(16)10-6-4-3-5-9(10)11(7-13)14-15/h3-6,8H,7H2,1-2H3. The second kappa shape index (κ2) is 4.37. The summed E-state index contributed by atoms with van der Waals surface area (Å²) >= 11 is 3.41. The number of halogens is 1. The Labute approximate surface area is 102 Å². The van der Waals surface area contributed by atoms with Gasteiger partial charge in [0.25, 0.3) is 5.56 Å². The monoisotopic (exact) mass is 280 g/mol. The highest BCUT2D eigenvalue weighted by Gasteiger charge is 2.10. The molecule has 0 aliphatic carbocycles. The third-order valence-corrected chi connectivity index (χ3v) is 3.05. The average molecular weight is 281 g/mol. The fourth-order valence-corrected chi connectivity index (χ4v) is 2.14. The van der Waals surface area contributed by atoms with Gasteiger partial charge >= 0.3 is 0 Å². The van der Waals surface area contributed by atoms with Crippen LogP contribution in [0.2, 0.25) is 0 Å². The minimum Gasteiger partial charge on any atom is -0.267 e. The van der Waals surface area contributed by atoms with Gasteiger partial charge in [-0.15, -0.1) is 0 Å². The van der Waals surface area contributed by atoms with Crippen molar-refractivity contribution < 1.29 is 0 Å². The molecule has 0 N–H and O–H groups in total. The SMILES string of the molecule is CC(C)n1nc(CBr)c2ccccc2c1=O. The first kappa shape index (κ1) is 11.3.